The lowest BCUT2D eigenvalue weighted by Gasteiger charge is -2.32. The SMILES string of the molecule is CCCN1CCC(NCc2ccc(CO)o2)CC1. The van der Waals surface area contributed by atoms with E-state index in [9.17, 15) is 0 Å². The summed E-state index contributed by atoms with van der Waals surface area (Å²) in [4.78, 5) is 2.54. The van der Waals surface area contributed by atoms with E-state index in [1.165, 1.54) is 38.9 Å². The lowest BCUT2D eigenvalue weighted by molar-refractivity contribution is 0.195. The topological polar surface area (TPSA) is 48.6 Å². The zero-order valence-electron chi connectivity index (χ0n) is 11.2. The van der Waals surface area contributed by atoms with E-state index in [-0.39, 0.29) is 6.61 Å². The number of nitrogens with one attached hydrogen (secondary N) is 1. The lowest BCUT2D eigenvalue weighted by Crippen LogP contribution is -2.42. The van der Waals surface area contributed by atoms with E-state index in [0.717, 1.165) is 12.3 Å². The summed E-state index contributed by atoms with van der Waals surface area (Å²) in [5, 5.41) is 12.5. The van der Waals surface area contributed by atoms with Crippen LogP contribution in [0.4, 0.5) is 0 Å². The second-order valence-electron chi connectivity index (χ2n) is 5.02. The van der Waals surface area contributed by atoms with Crippen LogP contribution in [0, 0.1) is 0 Å². The first-order valence-corrected chi connectivity index (χ1v) is 6.96. The van der Waals surface area contributed by atoms with E-state index in [2.05, 4.69) is 17.1 Å². The molecule has 2 rings (SSSR count). The van der Waals surface area contributed by atoms with Gasteiger partial charge in [0.15, 0.2) is 0 Å². The van der Waals surface area contributed by atoms with E-state index in [0.29, 0.717) is 11.8 Å². The van der Waals surface area contributed by atoms with Gasteiger partial charge in [-0.3, -0.25) is 0 Å². The monoisotopic (exact) mass is 252 g/mol. The first kappa shape index (κ1) is 13.6. The van der Waals surface area contributed by atoms with Crippen molar-refractivity contribution in [2.24, 2.45) is 0 Å². The highest BCUT2D eigenvalue weighted by Gasteiger charge is 2.18. The quantitative estimate of drug-likeness (QED) is 0.809. The molecule has 0 aliphatic carbocycles. The van der Waals surface area contributed by atoms with Crippen molar-refractivity contribution in [1.29, 1.82) is 0 Å². The van der Waals surface area contributed by atoms with Crippen LogP contribution in [-0.2, 0) is 13.2 Å². The highest BCUT2D eigenvalue weighted by molar-refractivity contribution is 5.06. The normalized spacial score (nSPS) is 18.3. The maximum absolute atomic E-state index is 8.93. The molecular formula is C14H24N2O2. The molecule has 1 aliphatic rings. The van der Waals surface area contributed by atoms with Crippen molar-refractivity contribution < 1.29 is 9.52 Å². The first-order valence-electron chi connectivity index (χ1n) is 6.96. The molecule has 1 aliphatic heterocycles. The van der Waals surface area contributed by atoms with Gasteiger partial charge in [0, 0.05) is 6.04 Å². The molecule has 2 N–H and O–H groups in total. The molecule has 18 heavy (non-hydrogen) atoms. The highest BCUT2D eigenvalue weighted by Crippen LogP contribution is 2.12. The number of nitrogens with zero attached hydrogens (tertiary/aromatic N) is 1. The van der Waals surface area contributed by atoms with Crippen LogP contribution in [-0.4, -0.2) is 35.7 Å². The summed E-state index contributed by atoms with van der Waals surface area (Å²) in [7, 11) is 0. The molecule has 4 heteroatoms. The molecule has 0 unspecified atom stereocenters. The molecule has 2 heterocycles. The van der Waals surface area contributed by atoms with Crippen LogP contribution in [0.5, 0.6) is 0 Å². The van der Waals surface area contributed by atoms with E-state index < -0.39 is 0 Å². The number of hydrogen-bond acceptors (Lipinski definition) is 4. The number of rotatable bonds is 6. The van der Waals surface area contributed by atoms with Crippen LogP contribution in [0.2, 0.25) is 0 Å². The van der Waals surface area contributed by atoms with Crippen LogP contribution in [0.3, 0.4) is 0 Å². The first-order chi connectivity index (χ1) is 8.81. The molecular weight excluding hydrogens is 228 g/mol. The van der Waals surface area contributed by atoms with Gasteiger partial charge in [0.25, 0.3) is 0 Å². The number of aliphatic hydroxyl groups excluding tert-OH is 1. The van der Waals surface area contributed by atoms with E-state index in [4.69, 9.17) is 9.52 Å². The molecule has 0 atom stereocenters. The molecule has 1 saturated heterocycles. The maximum Gasteiger partial charge on any atom is 0.129 e. The second-order valence-corrected chi connectivity index (χ2v) is 5.02. The van der Waals surface area contributed by atoms with Crippen molar-refractivity contribution in [1.82, 2.24) is 10.2 Å². The Morgan fingerprint density at radius 2 is 2.06 bits per heavy atom. The third-order valence-electron chi connectivity index (χ3n) is 3.57. The molecule has 0 aromatic carbocycles. The number of furan rings is 1. The predicted molar refractivity (Wildman–Crippen MR) is 71.2 cm³/mol. The van der Waals surface area contributed by atoms with Gasteiger partial charge < -0.3 is 19.7 Å². The van der Waals surface area contributed by atoms with Crippen LogP contribution in [0.1, 0.15) is 37.7 Å². The lowest BCUT2D eigenvalue weighted by atomic mass is 10.0. The van der Waals surface area contributed by atoms with Gasteiger partial charge in [-0.05, 0) is 51.0 Å². The zero-order valence-corrected chi connectivity index (χ0v) is 11.2. The van der Waals surface area contributed by atoms with Gasteiger partial charge in [0.1, 0.15) is 18.1 Å². The second kappa shape index (κ2) is 6.92. The minimum absolute atomic E-state index is 0.0184. The maximum atomic E-state index is 8.93. The van der Waals surface area contributed by atoms with Gasteiger partial charge in [-0.25, -0.2) is 0 Å². The zero-order chi connectivity index (χ0) is 12.8. The van der Waals surface area contributed by atoms with Crippen molar-refractivity contribution in [2.45, 2.75) is 45.4 Å². The van der Waals surface area contributed by atoms with Gasteiger partial charge >= 0.3 is 0 Å². The Morgan fingerprint density at radius 1 is 1.33 bits per heavy atom. The van der Waals surface area contributed by atoms with Gasteiger partial charge in [0.05, 0.1) is 6.54 Å². The Bertz CT molecular complexity index is 343. The van der Waals surface area contributed by atoms with Crippen LogP contribution >= 0.6 is 0 Å². The number of piperidine rings is 1. The Hall–Kier alpha value is -0.840. The van der Waals surface area contributed by atoms with E-state index in [1.807, 2.05) is 12.1 Å². The predicted octanol–water partition coefficient (Wildman–Crippen LogP) is 1.74. The Morgan fingerprint density at radius 3 is 2.67 bits per heavy atom. The fourth-order valence-electron chi connectivity index (χ4n) is 2.52. The minimum atomic E-state index is -0.0184. The van der Waals surface area contributed by atoms with E-state index >= 15 is 0 Å². The van der Waals surface area contributed by atoms with Gasteiger partial charge in [-0.2, -0.15) is 0 Å². The van der Waals surface area contributed by atoms with Crippen molar-refractivity contribution >= 4 is 0 Å². The van der Waals surface area contributed by atoms with Gasteiger partial charge in [-0.1, -0.05) is 6.92 Å². The molecule has 4 nitrogen and oxygen atoms in total. The smallest absolute Gasteiger partial charge is 0.129 e. The molecule has 0 saturated carbocycles. The summed E-state index contributed by atoms with van der Waals surface area (Å²) >= 11 is 0. The summed E-state index contributed by atoms with van der Waals surface area (Å²) in [6.45, 7) is 6.61. The summed E-state index contributed by atoms with van der Waals surface area (Å²) in [6.07, 6.45) is 3.68. The highest BCUT2D eigenvalue weighted by atomic mass is 16.4. The molecule has 1 aromatic rings. The Labute approximate surface area is 109 Å². The van der Waals surface area contributed by atoms with Crippen LogP contribution in [0.15, 0.2) is 16.5 Å². The molecule has 0 amide bonds. The van der Waals surface area contributed by atoms with Gasteiger partial charge in [-0.15, -0.1) is 0 Å². The summed E-state index contributed by atoms with van der Waals surface area (Å²) in [5.41, 5.74) is 0. The molecule has 0 bridgehead atoms. The summed E-state index contributed by atoms with van der Waals surface area (Å²) < 4.78 is 5.46. The van der Waals surface area contributed by atoms with Crippen molar-refractivity contribution in [3.05, 3.63) is 23.7 Å². The molecule has 1 fully saturated rings. The molecule has 0 radical (unpaired) electrons. The van der Waals surface area contributed by atoms with Crippen molar-refractivity contribution in [3.8, 4) is 0 Å². The van der Waals surface area contributed by atoms with Crippen molar-refractivity contribution in [3.63, 3.8) is 0 Å². The third-order valence-corrected chi connectivity index (χ3v) is 3.57. The van der Waals surface area contributed by atoms with Crippen molar-refractivity contribution in [2.75, 3.05) is 19.6 Å². The average Bonchev–Trinajstić information content (AvgIpc) is 2.86. The summed E-state index contributed by atoms with van der Waals surface area (Å²) in [5.74, 6) is 1.56. The average molecular weight is 252 g/mol. The molecule has 1 aromatic heterocycles. The van der Waals surface area contributed by atoms with Gasteiger partial charge in [0.2, 0.25) is 0 Å². The fraction of sp³-hybridized carbons (Fsp3) is 0.714. The minimum Gasteiger partial charge on any atom is -0.462 e. The van der Waals surface area contributed by atoms with E-state index in [1.54, 1.807) is 0 Å². The van der Waals surface area contributed by atoms with Crippen LogP contribution in [0.25, 0.3) is 0 Å². The third kappa shape index (κ3) is 3.83. The number of hydrogen-bond donors (Lipinski definition) is 2. The Kier molecular flexibility index (Phi) is 5.23. The van der Waals surface area contributed by atoms with Crippen LogP contribution < -0.4 is 5.32 Å². The summed E-state index contributed by atoms with van der Waals surface area (Å²) in [6, 6.07) is 4.37. The fourth-order valence-corrected chi connectivity index (χ4v) is 2.52. The Balaban J connectivity index is 1.68. The standard InChI is InChI=1S/C14H24N2O2/c1-2-7-16-8-5-12(6-9-16)15-10-13-3-4-14(11-17)18-13/h3-4,12,15,17H,2,5-11H2,1H3. The number of aliphatic hydroxyl groups is 1. The molecule has 102 valence electrons. The molecule has 0 spiro atoms. The number of likely N-dealkylation sites (tertiary alicyclic amines) is 1. The largest absolute Gasteiger partial charge is 0.462 e.